The summed E-state index contributed by atoms with van der Waals surface area (Å²) in [6.45, 7) is 0.446. The van der Waals surface area contributed by atoms with Crippen LogP contribution in [0.1, 0.15) is 12.8 Å². The predicted octanol–water partition coefficient (Wildman–Crippen LogP) is -1.04. The number of carbonyl (C=O) groups excluding carboxylic acids is 1. The van der Waals surface area contributed by atoms with Gasteiger partial charge in [0.15, 0.2) is 0 Å². The van der Waals surface area contributed by atoms with Crippen LogP contribution in [0.2, 0.25) is 0 Å². The Balaban J connectivity index is 4.04. The second kappa shape index (κ2) is 9.18. The van der Waals surface area contributed by atoms with E-state index < -0.39 is 11.9 Å². The number of rotatable bonds is 8. The average molecular weight is 241 g/mol. The average Bonchev–Trinajstić information content (AvgIpc) is 2.28. The number of carboxylic acids is 1. The molecule has 0 unspecified atom stereocenters. The molecule has 4 N–H and O–H groups in total. The van der Waals surface area contributed by atoms with Crippen LogP contribution in [-0.2, 0) is 9.59 Å². The summed E-state index contributed by atoms with van der Waals surface area (Å²) < 4.78 is 0. The number of hydrogen-bond donors (Lipinski definition) is 4. The van der Waals surface area contributed by atoms with Gasteiger partial charge >= 0.3 is 5.97 Å². The Morgan fingerprint density at radius 1 is 1.35 bits per heavy atom. The minimum Gasteiger partial charge on any atom is -0.481 e. The maximum Gasteiger partial charge on any atom is 0.305 e. The third-order valence-corrected chi connectivity index (χ3v) is 1.72. The van der Waals surface area contributed by atoms with Gasteiger partial charge in [0.1, 0.15) is 11.6 Å². The van der Waals surface area contributed by atoms with Crippen LogP contribution in [0.4, 0.5) is 0 Å². The van der Waals surface area contributed by atoms with Crippen molar-refractivity contribution < 1.29 is 19.8 Å². The van der Waals surface area contributed by atoms with Crippen molar-refractivity contribution >= 4 is 11.9 Å². The number of amides is 1. The molecule has 0 radical (unpaired) electrons. The van der Waals surface area contributed by atoms with Crippen LogP contribution in [0.15, 0.2) is 11.8 Å². The quantitative estimate of drug-likeness (QED) is 0.244. The standard InChI is InChI=1S/C10H15N3O4/c11-6-8(7-12-3-1-5-14)10(17)13-4-2-9(15)16/h7,12,14H,1-5H2,(H,13,17)(H,15,16)/b8-7-. The van der Waals surface area contributed by atoms with Gasteiger partial charge in [-0.25, -0.2) is 0 Å². The summed E-state index contributed by atoms with van der Waals surface area (Å²) in [5.74, 6) is -1.64. The Bertz CT molecular complexity index is 333. The van der Waals surface area contributed by atoms with Crippen LogP contribution in [0.25, 0.3) is 0 Å². The summed E-state index contributed by atoms with van der Waals surface area (Å²) >= 11 is 0. The monoisotopic (exact) mass is 241 g/mol. The summed E-state index contributed by atoms with van der Waals surface area (Å²) in [6, 6.07) is 1.69. The number of aliphatic hydroxyl groups excluding tert-OH is 1. The molecule has 0 bridgehead atoms. The maximum atomic E-state index is 11.3. The molecule has 0 aliphatic carbocycles. The molecule has 0 aromatic heterocycles. The van der Waals surface area contributed by atoms with Gasteiger partial charge in [-0.05, 0) is 6.42 Å². The molecule has 0 aromatic carbocycles. The summed E-state index contributed by atoms with van der Waals surface area (Å²) in [4.78, 5) is 21.5. The first-order chi connectivity index (χ1) is 8.11. The lowest BCUT2D eigenvalue weighted by Crippen LogP contribution is -2.28. The highest BCUT2D eigenvalue weighted by molar-refractivity contribution is 5.97. The van der Waals surface area contributed by atoms with Crippen molar-refractivity contribution in [1.82, 2.24) is 10.6 Å². The molecule has 0 fully saturated rings. The second-order valence-corrected chi connectivity index (χ2v) is 3.10. The van der Waals surface area contributed by atoms with Gasteiger partial charge < -0.3 is 20.8 Å². The Hall–Kier alpha value is -2.07. The van der Waals surface area contributed by atoms with E-state index in [1.807, 2.05) is 0 Å². The van der Waals surface area contributed by atoms with Crippen molar-refractivity contribution in [2.24, 2.45) is 0 Å². The van der Waals surface area contributed by atoms with Crippen LogP contribution in [0, 0.1) is 11.3 Å². The molecule has 0 spiro atoms. The lowest BCUT2D eigenvalue weighted by atomic mass is 10.3. The number of aliphatic hydroxyl groups is 1. The zero-order valence-electron chi connectivity index (χ0n) is 9.27. The highest BCUT2D eigenvalue weighted by atomic mass is 16.4. The van der Waals surface area contributed by atoms with Crippen molar-refractivity contribution in [3.8, 4) is 6.07 Å². The minimum atomic E-state index is -1.02. The van der Waals surface area contributed by atoms with E-state index in [4.69, 9.17) is 15.5 Å². The topological polar surface area (TPSA) is 122 Å². The number of nitriles is 1. The molecule has 0 heterocycles. The number of carbonyl (C=O) groups is 2. The Kier molecular flexibility index (Phi) is 8.06. The molecular weight excluding hydrogens is 226 g/mol. The molecule has 7 heteroatoms. The van der Waals surface area contributed by atoms with Crippen LogP contribution >= 0.6 is 0 Å². The fraction of sp³-hybridized carbons (Fsp3) is 0.500. The molecule has 7 nitrogen and oxygen atoms in total. The fourth-order valence-corrected chi connectivity index (χ4v) is 0.882. The van der Waals surface area contributed by atoms with E-state index in [9.17, 15) is 9.59 Å². The van der Waals surface area contributed by atoms with Gasteiger partial charge in [-0.2, -0.15) is 5.26 Å². The zero-order valence-corrected chi connectivity index (χ0v) is 9.27. The molecule has 17 heavy (non-hydrogen) atoms. The summed E-state index contributed by atoms with van der Waals surface area (Å²) in [5.41, 5.74) is -0.131. The van der Waals surface area contributed by atoms with E-state index in [2.05, 4.69) is 10.6 Å². The normalized spacial score (nSPS) is 10.5. The van der Waals surface area contributed by atoms with Crippen molar-refractivity contribution in [3.63, 3.8) is 0 Å². The summed E-state index contributed by atoms with van der Waals surface area (Å²) in [6.07, 6.45) is 1.56. The van der Waals surface area contributed by atoms with Gasteiger partial charge in [0, 0.05) is 25.9 Å². The molecule has 0 aromatic rings. The van der Waals surface area contributed by atoms with Crippen molar-refractivity contribution in [1.29, 1.82) is 5.26 Å². The van der Waals surface area contributed by atoms with Gasteiger partial charge in [0.2, 0.25) is 0 Å². The second-order valence-electron chi connectivity index (χ2n) is 3.10. The zero-order chi connectivity index (χ0) is 13.1. The van der Waals surface area contributed by atoms with E-state index in [0.29, 0.717) is 13.0 Å². The Morgan fingerprint density at radius 3 is 2.59 bits per heavy atom. The van der Waals surface area contributed by atoms with E-state index >= 15 is 0 Å². The number of nitrogens with zero attached hydrogens (tertiary/aromatic N) is 1. The number of nitrogens with one attached hydrogen (secondary N) is 2. The van der Waals surface area contributed by atoms with Gasteiger partial charge in [0.05, 0.1) is 6.42 Å². The third kappa shape index (κ3) is 7.81. The molecule has 0 aliphatic heterocycles. The van der Waals surface area contributed by atoms with Crippen LogP contribution in [-0.4, -0.2) is 41.8 Å². The summed E-state index contributed by atoms with van der Waals surface area (Å²) in [7, 11) is 0. The summed E-state index contributed by atoms with van der Waals surface area (Å²) in [5, 5.41) is 30.5. The Labute approximate surface area is 98.7 Å². The van der Waals surface area contributed by atoms with Gasteiger partial charge in [-0.1, -0.05) is 0 Å². The van der Waals surface area contributed by atoms with Gasteiger partial charge in [-0.15, -0.1) is 0 Å². The highest BCUT2D eigenvalue weighted by Gasteiger charge is 2.08. The molecule has 0 atom stereocenters. The molecule has 94 valence electrons. The van der Waals surface area contributed by atoms with Gasteiger partial charge in [-0.3, -0.25) is 9.59 Å². The molecule has 0 rings (SSSR count). The number of hydrogen-bond acceptors (Lipinski definition) is 5. The molecule has 0 aliphatic rings. The van der Waals surface area contributed by atoms with Crippen molar-refractivity contribution in [2.75, 3.05) is 19.7 Å². The first kappa shape index (κ1) is 14.9. The van der Waals surface area contributed by atoms with Crippen LogP contribution in [0.5, 0.6) is 0 Å². The lowest BCUT2D eigenvalue weighted by molar-refractivity contribution is -0.136. The van der Waals surface area contributed by atoms with E-state index in [1.54, 1.807) is 6.07 Å². The fourth-order valence-electron chi connectivity index (χ4n) is 0.882. The molecular formula is C10H15N3O4. The molecule has 1 amide bonds. The maximum absolute atomic E-state index is 11.3. The van der Waals surface area contributed by atoms with Crippen LogP contribution in [0.3, 0.4) is 0 Å². The van der Waals surface area contributed by atoms with E-state index in [0.717, 1.165) is 0 Å². The molecule has 0 saturated heterocycles. The van der Waals surface area contributed by atoms with Crippen molar-refractivity contribution in [3.05, 3.63) is 11.8 Å². The largest absolute Gasteiger partial charge is 0.481 e. The molecule has 0 saturated carbocycles. The number of carboxylic acid groups (broad SMARTS) is 1. The van der Waals surface area contributed by atoms with Crippen LogP contribution < -0.4 is 10.6 Å². The SMILES string of the molecule is N#C/C(=C/NCCCO)C(=O)NCCC(=O)O. The number of aliphatic carboxylic acids is 1. The third-order valence-electron chi connectivity index (χ3n) is 1.72. The Morgan fingerprint density at radius 2 is 2.06 bits per heavy atom. The lowest BCUT2D eigenvalue weighted by Gasteiger charge is -2.03. The first-order valence-corrected chi connectivity index (χ1v) is 5.06. The van der Waals surface area contributed by atoms with Gasteiger partial charge in [0.25, 0.3) is 5.91 Å². The first-order valence-electron chi connectivity index (χ1n) is 5.06. The van der Waals surface area contributed by atoms with E-state index in [-0.39, 0.29) is 25.1 Å². The highest BCUT2D eigenvalue weighted by Crippen LogP contribution is 1.90. The smallest absolute Gasteiger partial charge is 0.305 e. The minimum absolute atomic E-state index is 0.0214. The van der Waals surface area contributed by atoms with Crippen molar-refractivity contribution in [2.45, 2.75) is 12.8 Å². The van der Waals surface area contributed by atoms with E-state index in [1.165, 1.54) is 6.20 Å². The predicted molar refractivity (Wildman–Crippen MR) is 58.7 cm³/mol.